The molecule has 5 heteroatoms. The van der Waals surface area contributed by atoms with Gasteiger partial charge >= 0.3 is 0 Å². The number of sulfone groups is 1. The van der Waals surface area contributed by atoms with Crippen LogP contribution in [0.3, 0.4) is 0 Å². The molecule has 0 amide bonds. The Morgan fingerprint density at radius 2 is 2.05 bits per heavy atom. The second kappa shape index (κ2) is 5.56. The van der Waals surface area contributed by atoms with Crippen molar-refractivity contribution in [3.05, 3.63) is 34.9 Å². The van der Waals surface area contributed by atoms with Crippen molar-refractivity contribution in [1.29, 1.82) is 0 Å². The molecular weight excluding hydrogens is 306 g/mol. The van der Waals surface area contributed by atoms with E-state index >= 15 is 0 Å². The number of hydrogen-bond donors (Lipinski definition) is 1. The van der Waals surface area contributed by atoms with Gasteiger partial charge in [-0.05, 0) is 42.9 Å². The van der Waals surface area contributed by atoms with Crippen molar-refractivity contribution in [3.63, 3.8) is 0 Å². The molecule has 1 aliphatic heterocycles. The van der Waals surface area contributed by atoms with Crippen molar-refractivity contribution in [2.75, 3.05) is 19.3 Å². The van der Waals surface area contributed by atoms with Crippen LogP contribution in [0.1, 0.15) is 37.2 Å². The van der Waals surface area contributed by atoms with Crippen molar-refractivity contribution in [1.82, 2.24) is 5.32 Å². The largest absolute Gasteiger partial charge is 0.316 e. The monoisotopic (exact) mass is 327 g/mol. The van der Waals surface area contributed by atoms with Crippen LogP contribution < -0.4 is 5.32 Å². The SMILES string of the molecule is CS(=O)(=O)C1CCCC12CCNCC2c1ccccc1Cl. The normalized spacial score (nSPS) is 33.4. The first-order valence-electron chi connectivity index (χ1n) is 7.59. The summed E-state index contributed by atoms with van der Waals surface area (Å²) >= 11 is 6.40. The molecule has 0 radical (unpaired) electrons. The van der Waals surface area contributed by atoms with E-state index in [0.717, 1.165) is 49.4 Å². The minimum atomic E-state index is -3.04. The highest BCUT2D eigenvalue weighted by molar-refractivity contribution is 7.91. The zero-order valence-electron chi connectivity index (χ0n) is 12.3. The Labute approximate surface area is 132 Å². The van der Waals surface area contributed by atoms with Crippen LogP contribution in [-0.2, 0) is 9.84 Å². The van der Waals surface area contributed by atoms with Gasteiger partial charge < -0.3 is 5.32 Å². The van der Waals surface area contributed by atoms with E-state index in [4.69, 9.17) is 11.6 Å². The summed E-state index contributed by atoms with van der Waals surface area (Å²) in [4.78, 5) is 0. The van der Waals surface area contributed by atoms with E-state index in [2.05, 4.69) is 11.4 Å². The van der Waals surface area contributed by atoms with Crippen LogP contribution in [0.4, 0.5) is 0 Å². The third-order valence-corrected chi connectivity index (χ3v) is 7.44. The van der Waals surface area contributed by atoms with Crippen LogP contribution >= 0.6 is 11.6 Å². The molecule has 1 saturated carbocycles. The first kappa shape index (κ1) is 15.3. The van der Waals surface area contributed by atoms with Crippen LogP contribution in [0.2, 0.25) is 5.02 Å². The maximum atomic E-state index is 12.3. The van der Waals surface area contributed by atoms with Gasteiger partial charge in [0.15, 0.2) is 9.84 Å². The molecule has 2 aliphatic rings. The van der Waals surface area contributed by atoms with E-state index in [1.807, 2.05) is 18.2 Å². The molecule has 1 aromatic carbocycles. The van der Waals surface area contributed by atoms with Crippen molar-refractivity contribution in [2.45, 2.75) is 36.9 Å². The molecule has 1 aliphatic carbocycles. The predicted molar refractivity (Wildman–Crippen MR) is 86.6 cm³/mol. The van der Waals surface area contributed by atoms with Gasteiger partial charge in [0.25, 0.3) is 0 Å². The Bertz CT molecular complexity index is 631. The smallest absolute Gasteiger partial charge is 0.150 e. The average molecular weight is 328 g/mol. The zero-order valence-corrected chi connectivity index (χ0v) is 13.9. The second-order valence-electron chi connectivity index (χ2n) is 6.47. The molecule has 0 bridgehead atoms. The number of piperidine rings is 1. The molecule has 3 nitrogen and oxygen atoms in total. The summed E-state index contributed by atoms with van der Waals surface area (Å²) in [6.07, 6.45) is 5.10. The second-order valence-corrected chi connectivity index (χ2v) is 9.11. The molecule has 116 valence electrons. The van der Waals surface area contributed by atoms with Gasteiger partial charge in [0.05, 0.1) is 5.25 Å². The third-order valence-electron chi connectivity index (χ3n) is 5.36. The van der Waals surface area contributed by atoms with Gasteiger partial charge in [-0.25, -0.2) is 8.42 Å². The first-order chi connectivity index (χ1) is 9.95. The van der Waals surface area contributed by atoms with E-state index in [1.165, 1.54) is 6.26 Å². The molecule has 1 heterocycles. The number of nitrogens with one attached hydrogen (secondary N) is 1. The molecule has 1 saturated heterocycles. The molecule has 3 atom stereocenters. The maximum Gasteiger partial charge on any atom is 0.150 e. The fraction of sp³-hybridized carbons (Fsp3) is 0.625. The summed E-state index contributed by atoms with van der Waals surface area (Å²) < 4.78 is 24.6. The highest BCUT2D eigenvalue weighted by Crippen LogP contribution is 2.55. The summed E-state index contributed by atoms with van der Waals surface area (Å²) in [7, 11) is -3.04. The summed E-state index contributed by atoms with van der Waals surface area (Å²) in [6, 6.07) is 7.88. The molecule has 3 unspecified atom stereocenters. The van der Waals surface area contributed by atoms with Gasteiger partial charge in [-0.2, -0.15) is 0 Å². The molecular formula is C16H22ClNO2S. The Kier molecular flexibility index (Phi) is 4.06. The van der Waals surface area contributed by atoms with Crippen molar-refractivity contribution in [3.8, 4) is 0 Å². The lowest BCUT2D eigenvalue weighted by Crippen LogP contribution is -2.50. The third kappa shape index (κ3) is 2.62. The Morgan fingerprint density at radius 3 is 2.76 bits per heavy atom. The molecule has 0 aromatic heterocycles. The van der Waals surface area contributed by atoms with Gasteiger partial charge in [0.1, 0.15) is 0 Å². The lowest BCUT2D eigenvalue weighted by atomic mass is 9.66. The van der Waals surface area contributed by atoms with E-state index < -0.39 is 9.84 Å². The maximum absolute atomic E-state index is 12.3. The summed E-state index contributed by atoms with van der Waals surface area (Å²) in [5.74, 6) is 0.183. The van der Waals surface area contributed by atoms with Crippen molar-refractivity contribution >= 4 is 21.4 Å². The summed E-state index contributed by atoms with van der Waals surface area (Å²) in [6.45, 7) is 1.71. The topological polar surface area (TPSA) is 46.2 Å². The van der Waals surface area contributed by atoms with Crippen LogP contribution in [0.5, 0.6) is 0 Å². The average Bonchev–Trinajstić information content (AvgIpc) is 2.85. The Hall–Kier alpha value is -0.580. The predicted octanol–water partition coefficient (Wildman–Crippen LogP) is 3.00. The van der Waals surface area contributed by atoms with Gasteiger partial charge in [0, 0.05) is 23.7 Å². The highest BCUT2D eigenvalue weighted by Gasteiger charge is 2.53. The van der Waals surface area contributed by atoms with Crippen LogP contribution in [0, 0.1) is 5.41 Å². The Morgan fingerprint density at radius 1 is 1.29 bits per heavy atom. The summed E-state index contributed by atoms with van der Waals surface area (Å²) in [5.41, 5.74) is 0.950. The zero-order chi connectivity index (χ0) is 15.1. The standard InChI is InChI=1S/C16H22ClNO2S/c1-21(19,20)15-7-4-8-16(15)9-10-18-11-13(16)12-5-2-3-6-14(12)17/h2-3,5-6,13,15,18H,4,7-11H2,1H3. The summed E-state index contributed by atoms with van der Waals surface area (Å²) in [5, 5.41) is 3.96. The van der Waals surface area contributed by atoms with Gasteiger partial charge in [-0.1, -0.05) is 36.2 Å². The van der Waals surface area contributed by atoms with Gasteiger partial charge in [0.2, 0.25) is 0 Å². The van der Waals surface area contributed by atoms with E-state index in [-0.39, 0.29) is 16.6 Å². The molecule has 21 heavy (non-hydrogen) atoms. The molecule has 1 aromatic rings. The number of hydrogen-bond acceptors (Lipinski definition) is 3. The minimum absolute atomic E-state index is 0.149. The van der Waals surface area contributed by atoms with E-state index in [0.29, 0.717) is 0 Å². The molecule has 2 fully saturated rings. The van der Waals surface area contributed by atoms with Crippen LogP contribution in [0.15, 0.2) is 24.3 Å². The van der Waals surface area contributed by atoms with Crippen molar-refractivity contribution < 1.29 is 8.42 Å². The van der Waals surface area contributed by atoms with E-state index in [1.54, 1.807) is 0 Å². The Balaban J connectivity index is 2.08. The van der Waals surface area contributed by atoms with Gasteiger partial charge in [-0.15, -0.1) is 0 Å². The number of benzene rings is 1. The number of halogens is 1. The quantitative estimate of drug-likeness (QED) is 0.908. The minimum Gasteiger partial charge on any atom is -0.316 e. The highest BCUT2D eigenvalue weighted by atomic mass is 35.5. The van der Waals surface area contributed by atoms with E-state index in [9.17, 15) is 8.42 Å². The van der Waals surface area contributed by atoms with Crippen molar-refractivity contribution in [2.24, 2.45) is 5.41 Å². The van der Waals surface area contributed by atoms with Crippen LogP contribution in [-0.4, -0.2) is 33.0 Å². The lowest BCUT2D eigenvalue weighted by molar-refractivity contribution is 0.173. The fourth-order valence-electron chi connectivity index (χ4n) is 4.51. The fourth-order valence-corrected chi connectivity index (χ4v) is 6.63. The molecule has 3 rings (SSSR count). The molecule has 1 N–H and O–H groups in total. The lowest BCUT2D eigenvalue weighted by Gasteiger charge is -2.46. The molecule has 1 spiro atoms. The van der Waals surface area contributed by atoms with Crippen LogP contribution in [0.25, 0.3) is 0 Å². The number of rotatable bonds is 2. The first-order valence-corrected chi connectivity index (χ1v) is 9.92. The van der Waals surface area contributed by atoms with Gasteiger partial charge in [-0.3, -0.25) is 0 Å².